The number of fused-ring (bicyclic) bond motifs is 4. The van der Waals surface area contributed by atoms with Crippen molar-refractivity contribution in [1.29, 1.82) is 0 Å². The standard InChI is InChI=1S/C33H32N4O6S/c1-14-18-11-16-12-19-22(37(2)3)13-21(36-33(44)35-20-10-6-8-15-7-4-5-9-17(15)20)28(39)25(19)30(41)23(16)29(40)24(18)31(42)26(27(14)38)32(34)43/h4-10,13-14,16,18,24,38-39,41H,11-12H2,1-3H3,(H2,34,43)(H2,35,36,44). The summed E-state index contributed by atoms with van der Waals surface area (Å²) in [4.78, 5) is 41.1. The lowest BCUT2D eigenvalue weighted by Gasteiger charge is -2.43. The second-order valence-electron chi connectivity index (χ2n) is 11.8. The summed E-state index contributed by atoms with van der Waals surface area (Å²) in [6, 6.07) is 15.3. The molecule has 0 spiro atoms. The van der Waals surface area contributed by atoms with E-state index in [4.69, 9.17) is 18.0 Å². The molecule has 10 nitrogen and oxygen atoms in total. The van der Waals surface area contributed by atoms with Gasteiger partial charge in [0.15, 0.2) is 16.7 Å². The van der Waals surface area contributed by atoms with Gasteiger partial charge in [0.25, 0.3) is 5.91 Å². The van der Waals surface area contributed by atoms with E-state index in [1.807, 2.05) is 61.5 Å². The van der Waals surface area contributed by atoms with Crippen molar-refractivity contribution < 1.29 is 29.7 Å². The van der Waals surface area contributed by atoms with Crippen molar-refractivity contribution in [2.45, 2.75) is 19.8 Å². The number of allylic oxidation sites excluding steroid dienone is 2. The van der Waals surface area contributed by atoms with Crippen LogP contribution in [-0.2, 0) is 20.8 Å². The minimum atomic E-state index is -1.27. The van der Waals surface area contributed by atoms with Crippen molar-refractivity contribution in [3.05, 3.63) is 76.6 Å². The monoisotopic (exact) mass is 612 g/mol. The van der Waals surface area contributed by atoms with Crippen molar-refractivity contribution in [3.8, 4) is 5.75 Å². The molecule has 0 bridgehead atoms. The number of carbonyl (C=O) groups is 3. The summed E-state index contributed by atoms with van der Waals surface area (Å²) < 4.78 is 0. The van der Waals surface area contributed by atoms with E-state index >= 15 is 0 Å². The van der Waals surface area contributed by atoms with Crippen LogP contribution in [0, 0.1) is 23.7 Å². The maximum Gasteiger partial charge on any atom is 0.255 e. The van der Waals surface area contributed by atoms with Crippen LogP contribution < -0.4 is 21.3 Å². The number of phenols is 1. The van der Waals surface area contributed by atoms with Crippen molar-refractivity contribution in [2.24, 2.45) is 29.4 Å². The van der Waals surface area contributed by atoms with Gasteiger partial charge in [-0.05, 0) is 60.0 Å². The first-order chi connectivity index (χ1) is 20.9. The fourth-order valence-corrected chi connectivity index (χ4v) is 7.27. The molecule has 1 saturated carbocycles. The summed E-state index contributed by atoms with van der Waals surface area (Å²) >= 11 is 5.60. The minimum absolute atomic E-state index is 0.0260. The van der Waals surface area contributed by atoms with Gasteiger partial charge in [-0.15, -0.1) is 0 Å². The molecule has 44 heavy (non-hydrogen) atoms. The van der Waals surface area contributed by atoms with E-state index in [-0.39, 0.29) is 27.7 Å². The zero-order valence-corrected chi connectivity index (χ0v) is 25.2. The van der Waals surface area contributed by atoms with E-state index in [0.717, 1.165) is 16.5 Å². The molecule has 1 amide bonds. The number of benzene rings is 3. The van der Waals surface area contributed by atoms with Crippen LogP contribution in [0.1, 0.15) is 24.5 Å². The number of primary amides is 1. The number of ketones is 2. The van der Waals surface area contributed by atoms with Gasteiger partial charge in [0.1, 0.15) is 22.8 Å². The van der Waals surface area contributed by atoms with Gasteiger partial charge >= 0.3 is 0 Å². The second kappa shape index (κ2) is 10.7. The highest BCUT2D eigenvalue weighted by Gasteiger charge is 2.54. The summed E-state index contributed by atoms with van der Waals surface area (Å²) in [7, 11) is 3.66. The first kappa shape index (κ1) is 29.2. The Kier molecular flexibility index (Phi) is 7.08. The van der Waals surface area contributed by atoms with Gasteiger partial charge < -0.3 is 36.6 Å². The third-order valence-corrected chi connectivity index (χ3v) is 9.34. The molecular formula is C33H32N4O6S. The topological polar surface area (TPSA) is 165 Å². The highest BCUT2D eigenvalue weighted by atomic mass is 32.1. The maximum absolute atomic E-state index is 13.9. The Labute approximate surface area is 258 Å². The number of Topliss-reactive ketones (excluding diaryl/α,β-unsaturated/α-hetero) is 2. The molecular weight excluding hydrogens is 580 g/mol. The molecule has 0 saturated heterocycles. The van der Waals surface area contributed by atoms with Crippen molar-refractivity contribution in [3.63, 3.8) is 0 Å². The Morgan fingerprint density at radius 2 is 1.68 bits per heavy atom. The summed E-state index contributed by atoms with van der Waals surface area (Å²) in [6.07, 6.45) is 0.614. The Morgan fingerprint density at radius 3 is 2.39 bits per heavy atom. The molecule has 1 fully saturated rings. The summed E-state index contributed by atoms with van der Waals surface area (Å²) in [6.45, 7) is 1.66. The molecule has 0 aliphatic heterocycles. The fourth-order valence-electron chi connectivity index (χ4n) is 7.05. The molecule has 3 aromatic rings. The predicted molar refractivity (Wildman–Crippen MR) is 173 cm³/mol. The molecule has 3 aliphatic rings. The van der Waals surface area contributed by atoms with Crippen LogP contribution in [0.15, 0.2) is 65.4 Å². The number of thiocarbonyl (C=S) groups is 1. The number of aliphatic hydroxyl groups excluding tert-OH is 2. The quantitative estimate of drug-likeness (QED) is 0.106. The Bertz CT molecular complexity index is 1860. The number of nitrogens with one attached hydrogen (secondary N) is 2. The van der Waals surface area contributed by atoms with Gasteiger partial charge in [-0.25, -0.2) is 0 Å². The van der Waals surface area contributed by atoms with Gasteiger partial charge in [-0.1, -0.05) is 43.3 Å². The van der Waals surface area contributed by atoms with Crippen LogP contribution >= 0.6 is 12.2 Å². The first-order valence-electron chi connectivity index (χ1n) is 14.3. The molecule has 3 aliphatic carbocycles. The second-order valence-corrected chi connectivity index (χ2v) is 12.2. The number of aliphatic hydroxyl groups is 2. The lowest BCUT2D eigenvalue weighted by atomic mass is 9.58. The van der Waals surface area contributed by atoms with E-state index < -0.39 is 58.2 Å². The van der Waals surface area contributed by atoms with Gasteiger partial charge in [0.2, 0.25) is 0 Å². The van der Waals surface area contributed by atoms with Gasteiger partial charge in [0, 0.05) is 42.3 Å². The minimum Gasteiger partial charge on any atom is -0.511 e. The number of nitrogens with zero attached hydrogens (tertiary/aromatic N) is 1. The molecule has 3 aromatic carbocycles. The van der Waals surface area contributed by atoms with Gasteiger partial charge in [-0.3, -0.25) is 14.4 Å². The Morgan fingerprint density at radius 1 is 1.00 bits per heavy atom. The van der Waals surface area contributed by atoms with E-state index in [2.05, 4.69) is 10.6 Å². The molecule has 7 N–H and O–H groups in total. The molecule has 4 atom stereocenters. The molecule has 4 unspecified atom stereocenters. The maximum atomic E-state index is 13.9. The van der Waals surface area contributed by atoms with Crippen LogP contribution in [0.5, 0.6) is 5.75 Å². The van der Waals surface area contributed by atoms with Crippen molar-refractivity contribution in [2.75, 3.05) is 29.6 Å². The molecule has 0 heterocycles. The van der Waals surface area contributed by atoms with E-state index in [0.29, 0.717) is 24.1 Å². The number of carbonyl (C=O) groups excluding carboxylic acids is 3. The Hall–Kier alpha value is -4.90. The van der Waals surface area contributed by atoms with Crippen molar-refractivity contribution in [1.82, 2.24) is 0 Å². The molecule has 226 valence electrons. The van der Waals surface area contributed by atoms with Crippen LogP contribution in [0.3, 0.4) is 0 Å². The SMILES string of the molecule is CC1C(O)=C(C(N)=O)C(=O)C2C(=O)C3=C(O)c4c(O)c(NC(=S)Nc5cccc6ccccc56)cc(N(C)C)c4CC3CC12. The van der Waals surface area contributed by atoms with Crippen LogP contribution in [0.4, 0.5) is 17.1 Å². The number of rotatable bonds is 4. The van der Waals surface area contributed by atoms with Crippen molar-refractivity contribution >= 4 is 68.4 Å². The fraction of sp³-hybridized carbons (Fsp3) is 0.273. The average Bonchev–Trinajstić information content (AvgIpc) is 2.97. The first-order valence-corrected chi connectivity index (χ1v) is 14.7. The summed E-state index contributed by atoms with van der Waals surface area (Å²) in [5.41, 5.74) is 7.23. The third-order valence-electron chi connectivity index (χ3n) is 9.14. The number of anilines is 3. The highest BCUT2D eigenvalue weighted by molar-refractivity contribution is 7.80. The van der Waals surface area contributed by atoms with Crippen LogP contribution in [0.25, 0.3) is 16.5 Å². The number of phenolic OH excluding ortho intramolecular Hbond substituents is 1. The van der Waals surface area contributed by atoms with E-state index in [1.165, 1.54) is 0 Å². The lowest BCUT2D eigenvalue weighted by Crippen LogP contribution is -2.49. The normalized spacial score (nSPS) is 22.7. The predicted octanol–water partition coefficient (Wildman–Crippen LogP) is 4.58. The number of aromatic hydroxyl groups is 1. The van der Waals surface area contributed by atoms with Gasteiger partial charge in [0.05, 0.1) is 17.2 Å². The number of hydrogen-bond acceptors (Lipinski definition) is 8. The third kappa shape index (κ3) is 4.46. The summed E-state index contributed by atoms with van der Waals surface area (Å²) in [5, 5.41) is 42.2. The molecule has 6 rings (SSSR count). The molecule has 11 heteroatoms. The smallest absolute Gasteiger partial charge is 0.255 e. The highest BCUT2D eigenvalue weighted by Crippen LogP contribution is 2.53. The Balaban J connectivity index is 1.40. The van der Waals surface area contributed by atoms with E-state index in [1.54, 1.807) is 13.0 Å². The zero-order chi connectivity index (χ0) is 31.6. The number of amides is 1. The molecule has 0 radical (unpaired) electrons. The average molecular weight is 613 g/mol. The lowest BCUT2D eigenvalue weighted by molar-refractivity contribution is -0.136. The number of hydrogen-bond donors (Lipinski definition) is 6. The molecule has 0 aromatic heterocycles. The van der Waals surface area contributed by atoms with Gasteiger partial charge in [-0.2, -0.15) is 0 Å². The van der Waals surface area contributed by atoms with E-state index in [9.17, 15) is 29.7 Å². The summed E-state index contributed by atoms with van der Waals surface area (Å²) in [5.74, 6) is -6.67. The van der Waals surface area contributed by atoms with Crippen LogP contribution in [-0.4, -0.2) is 52.0 Å². The number of nitrogens with two attached hydrogens (primary N) is 1. The zero-order valence-electron chi connectivity index (χ0n) is 24.3. The largest absolute Gasteiger partial charge is 0.511 e. The van der Waals surface area contributed by atoms with Crippen LogP contribution in [0.2, 0.25) is 0 Å².